The smallest absolute Gasteiger partial charge is 0.156 e. The van der Waals surface area contributed by atoms with Crippen LogP contribution in [0.1, 0.15) is 5.56 Å². The Morgan fingerprint density at radius 1 is 1.10 bits per heavy atom. The number of aliphatic hydroxyl groups excluding tert-OH is 1. The van der Waals surface area contributed by atoms with Crippen LogP contribution in [0.15, 0.2) is 53.3 Å². The van der Waals surface area contributed by atoms with Crippen LogP contribution in [0.3, 0.4) is 0 Å². The summed E-state index contributed by atoms with van der Waals surface area (Å²) < 4.78 is 6.77. The minimum atomic E-state index is 0.147. The summed E-state index contributed by atoms with van der Waals surface area (Å²) in [5, 5.41) is 8.91. The van der Waals surface area contributed by atoms with E-state index in [1.54, 1.807) is 18.5 Å². The first-order valence-electron chi connectivity index (χ1n) is 6.54. The Labute approximate surface area is 130 Å². The van der Waals surface area contributed by atoms with Crippen LogP contribution in [-0.2, 0) is 6.42 Å². The van der Waals surface area contributed by atoms with Crippen molar-refractivity contribution in [2.45, 2.75) is 6.42 Å². The van der Waals surface area contributed by atoms with Crippen molar-refractivity contribution in [1.82, 2.24) is 9.97 Å². The molecule has 21 heavy (non-hydrogen) atoms. The first-order valence-corrected chi connectivity index (χ1v) is 7.33. The van der Waals surface area contributed by atoms with Gasteiger partial charge in [0.1, 0.15) is 11.3 Å². The fraction of sp³-hybridized carbons (Fsp3) is 0.125. The summed E-state index contributed by atoms with van der Waals surface area (Å²) >= 11 is 3.38. The number of hydrogen-bond donors (Lipinski definition) is 1. The Balaban J connectivity index is 1.90. The summed E-state index contributed by atoms with van der Waals surface area (Å²) in [6, 6.07) is 11.4. The topological polar surface area (TPSA) is 55.2 Å². The molecule has 0 unspecified atom stereocenters. The van der Waals surface area contributed by atoms with Gasteiger partial charge in [0, 0.05) is 29.5 Å². The Bertz CT molecular complexity index is 760. The molecule has 2 aromatic heterocycles. The monoisotopic (exact) mass is 344 g/mol. The van der Waals surface area contributed by atoms with E-state index >= 15 is 0 Å². The zero-order valence-corrected chi connectivity index (χ0v) is 12.7. The van der Waals surface area contributed by atoms with Gasteiger partial charge in [0.15, 0.2) is 5.75 Å². The molecule has 0 fully saturated rings. The van der Waals surface area contributed by atoms with Gasteiger partial charge >= 0.3 is 0 Å². The lowest BCUT2D eigenvalue weighted by Gasteiger charge is -2.08. The normalized spacial score (nSPS) is 10.8. The quantitative estimate of drug-likeness (QED) is 0.783. The number of nitrogens with zero attached hydrogens (tertiary/aromatic N) is 2. The molecule has 0 saturated carbocycles. The first kappa shape index (κ1) is 14.0. The van der Waals surface area contributed by atoms with Gasteiger partial charge in [-0.2, -0.15) is 0 Å². The van der Waals surface area contributed by atoms with Crippen LogP contribution in [0.5, 0.6) is 11.5 Å². The second-order valence-electron chi connectivity index (χ2n) is 4.55. The molecule has 0 saturated heterocycles. The summed E-state index contributed by atoms with van der Waals surface area (Å²) in [7, 11) is 0. The molecule has 0 spiro atoms. The van der Waals surface area contributed by atoms with E-state index in [0.717, 1.165) is 26.8 Å². The maximum Gasteiger partial charge on any atom is 0.156 e. The number of aliphatic hydroxyl groups is 1. The molecule has 0 aliphatic carbocycles. The van der Waals surface area contributed by atoms with Crippen LogP contribution < -0.4 is 4.74 Å². The maximum absolute atomic E-state index is 8.91. The second-order valence-corrected chi connectivity index (χ2v) is 5.47. The van der Waals surface area contributed by atoms with Crippen LogP contribution in [0.25, 0.3) is 11.0 Å². The van der Waals surface area contributed by atoms with E-state index in [2.05, 4.69) is 25.9 Å². The van der Waals surface area contributed by atoms with Crippen molar-refractivity contribution in [3.8, 4) is 11.5 Å². The number of pyridine rings is 2. The average molecular weight is 345 g/mol. The highest BCUT2D eigenvalue weighted by Gasteiger charge is 2.06. The van der Waals surface area contributed by atoms with Gasteiger partial charge in [0.2, 0.25) is 0 Å². The molecule has 0 radical (unpaired) electrons. The van der Waals surface area contributed by atoms with E-state index in [1.165, 1.54) is 0 Å². The van der Waals surface area contributed by atoms with E-state index in [9.17, 15) is 0 Å². The minimum Gasteiger partial charge on any atom is -0.455 e. The molecule has 2 heterocycles. The molecule has 0 aliphatic rings. The Morgan fingerprint density at radius 3 is 2.67 bits per heavy atom. The molecule has 0 aliphatic heterocycles. The third-order valence-corrected chi connectivity index (χ3v) is 3.49. The average Bonchev–Trinajstić information content (AvgIpc) is 2.49. The lowest BCUT2D eigenvalue weighted by atomic mass is 10.1. The minimum absolute atomic E-state index is 0.147. The predicted molar refractivity (Wildman–Crippen MR) is 84.5 cm³/mol. The highest BCUT2D eigenvalue weighted by Crippen LogP contribution is 2.28. The molecule has 3 rings (SSSR count). The number of aromatic nitrogens is 2. The van der Waals surface area contributed by atoms with Gasteiger partial charge in [-0.1, -0.05) is 12.1 Å². The standard InChI is InChI=1S/C16H13BrN2O2/c17-12-9-14-16(19-10-12)15(5-7-18-14)21-13-3-1-11(2-4-13)6-8-20/h1-5,7,9-10,20H,6,8H2. The van der Waals surface area contributed by atoms with Crippen LogP contribution in [-0.4, -0.2) is 21.7 Å². The molecule has 106 valence electrons. The highest BCUT2D eigenvalue weighted by atomic mass is 79.9. The Hall–Kier alpha value is -1.98. The molecule has 3 aromatic rings. The first-order chi connectivity index (χ1) is 10.3. The van der Waals surface area contributed by atoms with Crippen LogP contribution in [0, 0.1) is 0 Å². The van der Waals surface area contributed by atoms with E-state index in [-0.39, 0.29) is 6.61 Å². The third kappa shape index (κ3) is 3.20. The highest BCUT2D eigenvalue weighted by molar-refractivity contribution is 9.10. The van der Waals surface area contributed by atoms with Crippen molar-refractivity contribution in [2.75, 3.05) is 6.61 Å². The molecular weight excluding hydrogens is 332 g/mol. The molecule has 0 amide bonds. The van der Waals surface area contributed by atoms with E-state index in [4.69, 9.17) is 9.84 Å². The van der Waals surface area contributed by atoms with Crippen molar-refractivity contribution < 1.29 is 9.84 Å². The number of halogens is 1. The van der Waals surface area contributed by atoms with Crippen molar-refractivity contribution in [3.63, 3.8) is 0 Å². The summed E-state index contributed by atoms with van der Waals surface area (Å²) in [5.41, 5.74) is 2.57. The zero-order chi connectivity index (χ0) is 14.7. The van der Waals surface area contributed by atoms with E-state index in [0.29, 0.717) is 12.2 Å². The SMILES string of the molecule is OCCc1ccc(Oc2ccnc3cc(Br)cnc23)cc1. The third-order valence-electron chi connectivity index (χ3n) is 3.06. The molecule has 1 aromatic carbocycles. The molecule has 0 bridgehead atoms. The van der Waals surface area contributed by atoms with Gasteiger partial charge in [-0.25, -0.2) is 4.98 Å². The van der Waals surface area contributed by atoms with Gasteiger partial charge in [0.05, 0.1) is 5.52 Å². The predicted octanol–water partition coefficient (Wildman–Crippen LogP) is 3.72. The Morgan fingerprint density at radius 2 is 1.90 bits per heavy atom. The van der Waals surface area contributed by atoms with Crippen LogP contribution in [0.4, 0.5) is 0 Å². The summed E-state index contributed by atoms with van der Waals surface area (Å²) in [6.07, 6.45) is 4.07. The van der Waals surface area contributed by atoms with Crippen LogP contribution in [0.2, 0.25) is 0 Å². The van der Waals surface area contributed by atoms with Crippen molar-refractivity contribution in [3.05, 3.63) is 58.8 Å². The van der Waals surface area contributed by atoms with Gasteiger partial charge in [-0.3, -0.25) is 4.98 Å². The zero-order valence-electron chi connectivity index (χ0n) is 11.2. The van der Waals surface area contributed by atoms with Gasteiger partial charge in [-0.15, -0.1) is 0 Å². The number of benzene rings is 1. The maximum atomic E-state index is 8.91. The number of ether oxygens (including phenoxy) is 1. The van der Waals surface area contributed by atoms with Gasteiger partial charge in [0.25, 0.3) is 0 Å². The fourth-order valence-electron chi connectivity index (χ4n) is 2.04. The summed E-state index contributed by atoms with van der Waals surface area (Å²) in [4.78, 5) is 8.64. The van der Waals surface area contributed by atoms with Gasteiger partial charge in [-0.05, 0) is 46.1 Å². The molecular formula is C16H13BrN2O2. The van der Waals surface area contributed by atoms with E-state index in [1.807, 2.05) is 30.3 Å². The van der Waals surface area contributed by atoms with Crippen molar-refractivity contribution in [1.29, 1.82) is 0 Å². The fourth-order valence-corrected chi connectivity index (χ4v) is 2.36. The van der Waals surface area contributed by atoms with Crippen molar-refractivity contribution in [2.24, 2.45) is 0 Å². The molecule has 4 nitrogen and oxygen atoms in total. The largest absolute Gasteiger partial charge is 0.455 e. The summed E-state index contributed by atoms with van der Waals surface area (Å²) in [5.74, 6) is 1.40. The van der Waals surface area contributed by atoms with Crippen molar-refractivity contribution >= 4 is 27.0 Å². The Kier molecular flexibility index (Phi) is 4.13. The molecule has 5 heteroatoms. The number of fused-ring (bicyclic) bond motifs is 1. The lowest BCUT2D eigenvalue weighted by molar-refractivity contribution is 0.299. The number of hydrogen-bond acceptors (Lipinski definition) is 4. The van der Waals surface area contributed by atoms with E-state index < -0.39 is 0 Å². The molecule has 1 N–H and O–H groups in total. The van der Waals surface area contributed by atoms with Crippen LogP contribution >= 0.6 is 15.9 Å². The summed E-state index contributed by atoms with van der Waals surface area (Å²) in [6.45, 7) is 0.147. The second kappa shape index (κ2) is 6.20. The van der Waals surface area contributed by atoms with Gasteiger partial charge < -0.3 is 9.84 Å². The number of rotatable bonds is 4. The molecule has 0 atom stereocenters. The lowest BCUT2D eigenvalue weighted by Crippen LogP contribution is -1.92.